The standard InChI is InChI=1S/C15H20N2S/c1-15(2)8-4-3-5-11(15)14-17-12-7-6-10(16)9-13(12)18-14/h6-7,9,11H,3-5,8,16H2,1-2H3. The van der Waals surface area contributed by atoms with Crippen LogP contribution in [-0.4, -0.2) is 4.98 Å². The fourth-order valence-corrected chi connectivity index (χ4v) is 4.42. The Labute approximate surface area is 112 Å². The number of fused-ring (bicyclic) bond motifs is 1. The Morgan fingerprint density at radius 1 is 1.33 bits per heavy atom. The van der Waals surface area contributed by atoms with E-state index in [-0.39, 0.29) is 0 Å². The van der Waals surface area contributed by atoms with Gasteiger partial charge >= 0.3 is 0 Å². The van der Waals surface area contributed by atoms with Crippen molar-refractivity contribution in [1.29, 1.82) is 0 Å². The van der Waals surface area contributed by atoms with Crippen LogP contribution in [0.15, 0.2) is 18.2 Å². The first kappa shape index (κ1) is 12.0. The van der Waals surface area contributed by atoms with Crippen LogP contribution in [0, 0.1) is 5.41 Å². The van der Waals surface area contributed by atoms with Crippen LogP contribution in [0.25, 0.3) is 10.2 Å². The number of nitrogens with two attached hydrogens (primary N) is 1. The summed E-state index contributed by atoms with van der Waals surface area (Å²) in [7, 11) is 0. The molecule has 1 aliphatic carbocycles. The summed E-state index contributed by atoms with van der Waals surface area (Å²) in [4.78, 5) is 4.84. The minimum absolute atomic E-state index is 0.387. The number of hydrogen-bond acceptors (Lipinski definition) is 3. The quantitative estimate of drug-likeness (QED) is 0.763. The third-order valence-electron chi connectivity index (χ3n) is 4.23. The molecule has 1 heterocycles. The molecule has 0 aliphatic heterocycles. The highest BCUT2D eigenvalue weighted by atomic mass is 32.1. The molecule has 1 saturated carbocycles. The molecule has 0 radical (unpaired) electrons. The third kappa shape index (κ3) is 2.01. The lowest BCUT2D eigenvalue weighted by molar-refractivity contribution is 0.199. The van der Waals surface area contributed by atoms with Crippen LogP contribution >= 0.6 is 11.3 Å². The maximum atomic E-state index is 5.84. The number of thiazole rings is 1. The monoisotopic (exact) mass is 260 g/mol. The SMILES string of the molecule is CC1(C)CCCCC1c1nc2ccc(N)cc2s1. The van der Waals surface area contributed by atoms with Gasteiger partial charge in [0, 0.05) is 11.6 Å². The van der Waals surface area contributed by atoms with Crippen molar-refractivity contribution in [3.8, 4) is 0 Å². The van der Waals surface area contributed by atoms with Crippen LogP contribution in [0.3, 0.4) is 0 Å². The van der Waals surface area contributed by atoms with E-state index in [2.05, 4.69) is 13.8 Å². The number of rotatable bonds is 1. The van der Waals surface area contributed by atoms with Gasteiger partial charge in [-0.25, -0.2) is 4.98 Å². The number of benzene rings is 1. The Morgan fingerprint density at radius 3 is 2.94 bits per heavy atom. The van der Waals surface area contributed by atoms with Gasteiger partial charge in [-0.15, -0.1) is 11.3 Å². The van der Waals surface area contributed by atoms with Crippen LogP contribution in [-0.2, 0) is 0 Å². The van der Waals surface area contributed by atoms with E-state index in [0.717, 1.165) is 11.2 Å². The molecule has 0 amide bonds. The van der Waals surface area contributed by atoms with Gasteiger partial charge in [0.05, 0.1) is 15.2 Å². The summed E-state index contributed by atoms with van der Waals surface area (Å²) in [6.45, 7) is 4.77. The summed E-state index contributed by atoms with van der Waals surface area (Å²) in [5.74, 6) is 0.616. The first-order valence-corrected chi connectivity index (χ1v) is 7.54. The number of hydrogen-bond donors (Lipinski definition) is 1. The highest BCUT2D eigenvalue weighted by Gasteiger charge is 2.35. The van der Waals surface area contributed by atoms with E-state index in [1.54, 1.807) is 0 Å². The molecule has 3 rings (SSSR count). The molecule has 0 bridgehead atoms. The van der Waals surface area contributed by atoms with Gasteiger partial charge in [-0.2, -0.15) is 0 Å². The van der Waals surface area contributed by atoms with Crippen LogP contribution in [0.5, 0.6) is 0 Å². The summed E-state index contributed by atoms with van der Waals surface area (Å²) < 4.78 is 1.23. The maximum absolute atomic E-state index is 5.84. The minimum atomic E-state index is 0.387. The molecule has 18 heavy (non-hydrogen) atoms. The second kappa shape index (κ2) is 4.23. The predicted octanol–water partition coefficient (Wildman–Crippen LogP) is 4.56. The molecule has 96 valence electrons. The average molecular weight is 260 g/mol. The molecule has 1 aromatic heterocycles. The third-order valence-corrected chi connectivity index (χ3v) is 5.37. The molecular formula is C15H20N2S. The van der Waals surface area contributed by atoms with Crippen LogP contribution in [0.1, 0.15) is 50.5 Å². The van der Waals surface area contributed by atoms with Crippen molar-refractivity contribution >= 4 is 27.2 Å². The van der Waals surface area contributed by atoms with Gasteiger partial charge in [-0.3, -0.25) is 0 Å². The molecule has 0 spiro atoms. The van der Waals surface area contributed by atoms with Gasteiger partial charge in [-0.1, -0.05) is 26.7 Å². The van der Waals surface area contributed by atoms with E-state index < -0.39 is 0 Å². The first-order chi connectivity index (χ1) is 8.56. The molecule has 1 fully saturated rings. The van der Waals surface area contributed by atoms with Crippen molar-refractivity contribution in [3.05, 3.63) is 23.2 Å². The molecule has 0 saturated heterocycles. The molecule has 1 aromatic carbocycles. The average Bonchev–Trinajstić information content (AvgIpc) is 2.70. The highest BCUT2D eigenvalue weighted by molar-refractivity contribution is 7.18. The van der Waals surface area contributed by atoms with Crippen molar-refractivity contribution in [2.45, 2.75) is 45.4 Å². The lowest BCUT2D eigenvalue weighted by atomic mass is 9.69. The smallest absolute Gasteiger partial charge is 0.0974 e. The fraction of sp³-hybridized carbons (Fsp3) is 0.533. The Morgan fingerprint density at radius 2 is 2.17 bits per heavy atom. The number of nitrogen functional groups attached to an aromatic ring is 1. The van der Waals surface area contributed by atoms with Crippen molar-refractivity contribution in [2.75, 3.05) is 5.73 Å². The van der Waals surface area contributed by atoms with Gasteiger partial charge < -0.3 is 5.73 Å². The molecule has 2 nitrogen and oxygen atoms in total. The Bertz CT molecular complexity index is 571. The van der Waals surface area contributed by atoms with Crippen LogP contribution in [0.2, 0.25) is 0 Å². The lowest BCUT2D eigenvalue weighted by Crippen LogP contribution is -2.25. The summed E-state index contributed by atoms with van der Waals surface area (Å²) in [6.07, 6.45) is 5.30. The summed E-state index contributed by atoms with van der Waals surface area (Å²) in [5.41, 5.74) is 8.17. The molecule has 2 N–H and O–H groups in total. The number of anilines is 1. The summed E-state index contributed by atoms with van der Waals surface area (Å²) in [6, 6.07) is 6.03. The molecule has 2 aromatic rings. The fourth-order valence-electron chi connectivity index (χ4n) is 3.06. The van der Waals surface area contributed by atoms with Gasteiger partial charge in [0.15, 0.2) is 0 Å². The second-order valence-corrected chi connectivity index (χ2v) is 7.13. The van der Waals surface area contributed by atoms with Gasteiger partial charge in [0.1, 0.15) is 0 Å². The predicted molar refractivity (Wildman–Crippen MR) is 79.0 cm³/mol. The zero-order valence-corrected chi connectivity index (χ0v) is 11.9. The molecule has 1 aliphatic rings. The molecule has 3 heteroatoms. The van der Waals surface area contributed by atoms with Crippen LogP contribution in [0.4, 0.5) is 5.69 Å². The van der Waals surface area contributed by atoms with E-state index in [0.29, 0.717) is 11.3 Å². The van der Waals surface area contributed by atoms with E-state index in [1.807, 2.05) is 29.5 Å². The van der Waals surface area contributed by atoms with Crippen molar-refractivity contribution < 1.29 is 0 Å². The Kier molecular flexibility index (Phi) is 2.81. The summed E-state index contributed by atoms with van der Waals surface area (Å²) in [5, 5.41) is 1.31. The minimum Gasteiger partial charge on any atom is -0.399 e. The van der Waals surface area contributed by atoms with Crippen LogP contribution < -0.4 is 5.73 Å². The topological polar surface area (TPSA) is 38.9 Å². The Balaban J connectivity index is 2.03. The Hall–Kier alpha value is -1.09. The normalized spacial score (nSPS) is 23.3. The molecule has 1 atom stereocenters. The van der Waals surface area contributed by atoms with E-state index in [1.165, 1.54) is 35.4 Å². The lowest BCUT2D eigenvalue weighted by Gasteiger charge is -2.37. The van der Waals surface area contributed by atoms with Crippen molar-refractivity contribution in [2.24, 2.45) is 5.41 Å². The second-order valence-electron chi connectivity index (χ2n) is 6.07. The van der Waals surface area contributed by atoms with Gasteiger partial charge in [-0.05, 0) is 36.5 Å². The van der Waals surface area contributed by atoms with E-state index in [9.17, 15) is 0 Å². The first-order valence-electron chi connectivity index (χ1n) is 6.72. The largest absolute Gasteiger partial charge is 0.399 e. The van der Waals surface area contributed by atoms with Gasteiger partial charge in [0.2, 0.25) is 0 Å². The molecular weight excluding hydrogens is 240 g/mol. The summed E-state index contributed by atoms with van der Waals surface area (Å²) >= 11 is 1.83. The van der Waals surface area contributed by atoms with Crippen molar-refractivity contribution in [3.63, 3.8) is 0 Å². The zero-order valence-electron chi connectivity index (χ0n) is 11.1. The van der Waals surface area contributed by atoms with Crippen molar-refractivity contribution in [1.82, 2.24) is 4.98 Å². The van der Waals surface area contributed by atoms with E-state index in [4.69, 9.17) is 10.7 Å². The number of nitrogens with zero attached hydrogens (tertiary/aromatic N) is 1. The number of aromatic nitrogens is 1. The van der Waals surface area contributed by atoms with Gasteiger partial charge in [0.25, 0.3) is 0 Å². The highest BCUT2D eigenvalue weighted by Crippen LogP contribution is 2.48. The molecule has 1 unspecified atom stereocenters. The van der Waals surface area contributed by atoms with E-state index >= 15 is 0 Å². The maximum Gasteiger partial charge on any atom is 0.0974 e. The zero-order chi connectivity index (χ0) is 12.8.